The molecule has 3 rings (SSSR count). The molecule has 1 aromatic rings. The number of aliphatic carboxylic acids is 1. The first-order valence-corrected chi connectivity index (χ1v) is 7.12. The van der Waals surface area contributed by atoms with Crippen molar-refractivity contribution in [2.75, 3.05) is 0 Å². The maximum absolute atomic E-state index is 13.4. The van der Waals surface area contributed by atoms with E-state index in [0.717, 1.165) is 36.9 Å². The maximum atomic E-state index is 13.4. The molecule has 1 aromatic heterocycles. The van der Waals surface area contributed by atoms with Crippen molar-refractivity contribution in [3.8, 4) is 0 Å². The molecule has 0 saturated heterocycles. The summed E-state index contributed by atoms with van der Waals surface area (Å²) in [5.41, 5.74) is 1.23. The number of carboxylic acid groups (broad SMARTS) is 1. The van der Waals surface area contributed by atoms with Gasteiger partial charge in [0.2, 0.25) is 5.92 Å². The van der Waals surface area contributed by atoms with Gasteiger partial charge in [-0.05, 0) is 44.1 Å². The Hall–Kier alpha value is -1.46. The highest BCUT2D eigenvalue weighted by Crippen LogP contribution is 2.46. The number of nitrogens with zero attached hydrogens (tertiary/aromatic N) is 1. The highest BCUT2D eigenvalue weighted by atomic mass is 19.3. The van der Waals surface area contributed by atoms with Crippen LogP contribution in [-0.2, 0) is 23.1 Å². The average molecular weight is 284 g/mol. The average Bonchev–Trinajstić information content (AvgIpc) is 2.83. The Morgan fingerprint density at radius 2 is 1.80 bits per heavy atom. The van der Waals surface area contributed by atoms with Crippen LogP contribution in [0.25, 0.3) is 0 Å². The quantitative estimate of drug-likeness (QED) is 0.877. The minimum atomic E-state index is -2.74. The van der Waals surface area contributed by atoms with Gasteiger partial charge in [-0.2, -0.15) is 5.10 Å². The van der Waals surface area contributed by atoms with Gasteiger partial charge in [0.15, 0.2) is 0 Å². The van der Waals surface area contributed by atoms with Gasteiger partial charge in [0, 0.05) is 18.5 Å². The van der Waals surface area contributed by atoms with Crippen molar-refractivity contribution in [1.82, 2.24) is 10.2 Å². The van der Waals surface area contributed by atoms with Crippen LogP contribution in [0.15, 0.2) is 0 Å². The lowest BCUT2D eigenvalue weighted by atomic mass is 9.69. The van der Waals surface area contributed by atoms with E-state index >= 15 is 0 Å². The zero-order valence-electron chi connectivity index (χ0n) is 11.2. The number of nitrogens with one attached hydrogen (secondary N) is 1. The van der Waals surface area contributed by atoms with E-state index in [0.29, 0.717) is 5.69 Å². The third-order valence-corrected chi connectivity index (χ3v) is 4.75. The summed E-state index contributed by atoms with van der Waals surface area (Å²) in [4.78, 5) is 11.8. The van der Waals surface area contributed by atoms with E-state index in [-0.39, 0.29) is 25.7 Å². The van der Waals surface area contributed by atoms with Crippen LogP contribution in [0.3, 0.4) is 0 Å². The lowest BCUT2D eigenvalue weighted by molar-refractivity contribution is -0.149. The second-order valence-electron chi connectivity index (χ2n) is 5.98. The normalized spacial score (nSPS) is 24.1. The van der Waals surface area contributed by atoms with Crippen molar-refractivity contribution in [2.45, 2.75) is 62.7 Å². The summed E-state index contributed by atoms with van der Waals surface area (Å²) in [5, 5.41) is 16.8. The number of aromatic amines is 1. The third-order valence-electron chi connectivity index (χ3n) is 4.75. The Balaban J connectivity index is 2.00. The van der Waals surface area contributed by atoms with Crippen molar-refractivity contribution in [3.63, 3.8) is 0 Å². The number of halogens is 2. The Bertz CT molecular complexity index is 529. The molecule has 0 atom stereocenters. The highest BCUT2D eigenvalue weighted by Gasteiger charge is 2.51. The van der Waals surface area contributed by atoms with Gasteiger partial charge < -0.3 is 5.11 Å². The molecule has 1 saturated carbocycles. The Morgan fingerprint density at radius 3 is 2.45 bits per heavy atom. The van der Waals surface area contributed by atoms with Crippen LogP contribution in [0.5, 0.6) is 0 Å². The second-order valence-corrected chi connectivity index (χ2v) is 5.98. The van der Waals surface area contributed by atoms with Crippen LogP contribution in [0.1, 0.15) is 55.5 Å². The summed E-state index contributed by atoms with van der Waals surface area (Å²) in [6, 6.07) is 0. The summed E-state index contributed by atoms with van der Waals surface area (Å²) >= 11 is 0. The molecule has 2 aliphatic carbocycles. The van der Waals surface area contributed by atoms with Crippen LogP contribution < -0.4 is 0 Å². The fraction of sp³-hybridized carbons (Fsp3) is 0.714. The molecule has 0 amide bonds. The summed E-state index contributed by atoms with van der Waals surface area (Å²) in [5.74, 6) is -3.76. The number of H-pyrrole nitrogens is 1. The summed E-state index contributed by atoms with van der Waals surface area (Å²) in [7, 11) is 0. The molecule has 2 N–H and O–H groups in total. The molecule has 0 aliphatic heterocycles. The van der Waals surface area contributed by atoms with Gasteiger partial charge in [0.05, 0.1) is 5.69 Å². The molecule has 20 heavy (non-hydrogen) atoms. The van der Waals surface area contributed by atoms with E-state index in [2.05, 4.69) is 10.2 Å². The Kier molecular flexibility index (Phi) is 3.06. The van der Waals surface area contributed by atoms with E-state index < -0.39 is 17.3 Å². The molecule has 0 unspecified atom stereocenters. The number of alkyl halides is 2. The number of hydrogen-bond donors (Lipinski definition) is 2. The van der Waals surface area contributed by atoms with E-state index in [9.17, 15) is 18.7 Å². The molecule has 0 radical (unpaired) electrons. The van der Waals surface area contributed by atoms with Gasteiger partial charge >= 0.3 is 5.97 Å². The van der Waals surface area contributed by atoms with Gasteiger partial charge in [0.1, 0.15) is 5.41 Å². The fourth-order valence-electron chi connectivity index (χ4n) is 3.47. The van der Waals surface area contributed by atoms with E-state index in [4.69, 9.17) is 0 Å². The van der Waals surface area contributed by atoms with Gasteiger partial charge in [-0.15, -0.1) is 0 Å². The molecule has 0 spiro atoms. The molecular formula is C14H18F2N2O2. The summed E-state index contributed by atoms with van der Waals surface area (Å²) < 4.78 is 26.7. The number of carbonyl (C=O) groups is 1. The number of aryl methyl sites for hydroxylation is 1. The summed E-state index contributed by atoms with van der Waals surface area (Å²) in [6.45, 7) is 0. The smallest absolute Gasteiger partial charge is 0.315 e. The Morgan fingerprint density at radius 1 is 1.15 bits per heavy atom. The minimum absolute atomic E-state index is 0.0351. The molecule has 2 aliphatic rings. The van der Waals surface area contributed by atoms with Gasteiger partial charge in [0.25, 0.3) is 0 Å². The first kappa shape index (κ1) is 13.5. The molecule has 110 valence electrons. The highest BCUT2D eigenvalue weighted by molar-refractivity contribution is 5.81. The molecule has 1 fully saturated rings. The number of hydrogen-bond acceptors (Lipinski definition) is 2. The largest absolute Gasteiger partial charge is 0.481 e. The molecule has 1 heterocycles. The fourth-order valence-corrected chi connectivity index (χ4v) is 3.47. The van der Waals surface area contributed by atoms with Crippen molar-refractivity contribution >= 4 is 5.97 Å². The third kappa shape index (κ3) is 2.01. The van der Waals surface area contributed by atoms with Gasteiger partial charge in [-0.25, -0.2) is 8.78 Å². The van der Waals surface area contributed by atoms with E-state index in [1.807, 2.05) is 0 Å². The van der Waals surface area contributed by atoms with E-state index in [1.54, 1.807) is 0 Å². The monoisotopic (exact) mass is 284 g/mol. The minimum Gasteiger partial charge on any atom is -0.481 e. The topological polar surface area (TPSA) is 66.0 Å². The first-order valence-electron chi connectivity index (χ1n) is 7.12. The van der Waals surface area contributed by atoms with Crippen LogP contribution in [0, 0.1) is 0 Å². The number of fused-ring (bicyclic) bond motifs is 1. The van der Waals surface area contributed by atoms with Crippen molar-refractivity contribution in [2.24, 2.45) is 0 Å². The van der Waals surface area contributed by atoms with Crippen LogP contribution in [0.2, 0.25) is 0 Å². The van der Waals surface area contributed by atoms with Crippen LogP contribution in [-0.4, -0.2) is 27.2 Å². The number of rotatable bonds is 2. The van der Waals surface area contributed by atoms with Crippen molar-refractivity contribution in [1.29, 1.82) is 0 Å². The SMILES string of the molecule is O=C(O)C1(c2n[nH]c3c2CCCC3)CCC(F)(F)CC1. The van der Waals surface area contributed by atoms with E-state index in [1.165, 1.54) is 0 Å². The standard InChI is InChI=1S/C14H18F2N2O2/c15-14(16)7-5-13(6-8-14,12(19)20)11-9-3-1-2-4-10(9)17-18-11/h1-8H2,(H,17,18)(H,19,20). The molecular weight excluding hydrogens is 266 g/mol. The lowest BCUT2D eigenvalue weighted by Gasteiger charge is -2.36. The molecule has 4 nitrogen and oxygen atoms in total. The summed E-state index contributed by atoms with van der Waals surface area (Å²) in [6.07, 6.45) is 2.92. The lowest BCUT2D eigenvalue weighted by Crippen LogP contribution is -2.43. The van der Waals surface area contributed by atoms with Crippen molar-refractivity contribution in [3.05, 3.63) is 17.0 Å². The molecule has 6 heteroatoms. The zero-order valence-corrected chi connectivity index (χ0v) is 11.2. The number of aromatic nitrogens is 2. The first-order chi connectivity index (χ1) is 9.45. The van der Waals surface area contributed by atoms with Gasteiger partial charge in [-0.1, -0.05) is 0 Å². The predicted octanol–water partition coefficient (Wildman–Crippen LogP) is 2.82. The predicted molar refractivity (Wildman–Crippen MR) is 68.0 cm³/mol. The van der Waals surface area contributed by atoms with Crippen LogP contribution in [0.4, 0.5) is 8.78 Å². The van der Waals surface area contributed by atoms with Crippen LogP contribution >= 0.6 is 0 Å². The second kappa shape index (κ2) is 4.53. The van der Waals surface area contributed by atoms with Gasteiger partial charge in [-0.3, -0.25) is 9.89 Å². The molecule has 0 aromatic carbocycles. The maximum Gasteiger partial charge on any atom is 0.315 e. The Labute approximate surface area is 115 Å². The number of carboxylic acids is 1. The zero-order chi connectivity index (χ0) is 14.4. The molecule has 0 bridgehead atoms. The van der Waals surface area contributed by atoms with Crippen molar-refractivity contribution < 1.29 is 18.7 Å².